The Labute approximate surface area is 78.4 Å². The van der Waals surface area contributed by atoms with Crippen molar-refractivity contribution in [3.63, 3.8) is 0 Å². The molecule has 0 aromatic heterocycles. The van der Waals surface area contributed by atoms with Gasteiger partial charge in [0.2, 0.25) is 0 Å². The lowest BCUT2D eigenvalue weighted by Crippen LogP contribution is -2.43. The van der Waals surface area contributed by atoms with E-state index in [1.165, 1.54) is 0 Å². The summed E-state index contributed by atoms with van der Waals surface area (Å²) in [6, 6.07) is 8.68. The van der Waals surface area contributed by atoms with E-state index in [0.717, 1.165) is 5.56 Å². The maximum Gasteiger partial charge on any atom is 0.0955 e. The van der Waals surface area contributed by atoms with Gasteiger partial charge in [-0.3, -0.25) is 0 Å². The van der Waals surface area contributed by atoms with Gasteiger partial charge in [-0.05, 0) is 12.5 Å². The minimum Gasteiger partial charge on any atom is -0.387 e. The van der Waals surface area contributed by atoms with E-state index < -0.39 is 12.1 Å². The van der Waals surface area contributed by atoms with Crippen molar-refractivity contribution < 1.29 is 5.11 Å². The van der Waals surface area contributed by atoms with Crippen LogP contribution in [0.1, 0.15) is 18.6 Å². The average Bonchev–Trinajstić information content (AvgIpc) is 2.17. The number of benzene rings is 1. The van der Waals surface area contributed by atoms with Gasteiger partial charge in [-0.25, -0.2) is 0 Å². The fourth-order valence-electron chi connectivity index (χ4n) is 1.16. The quantitative estimate of drug-likeness (QED) is 0.630. The monoisotopic (exact) mass is 180 g/mol. The van der Waals surface area contributed by atoms with Crippen LogP contribution in [0, 0.1) is 0 Å². The van der Waals surface area contributed by atoms with E-state index in [0.29, 0.717) is 0 Å². The highest BCUT2D eigenvalue weighted by Crippen LogP contribution is 2.15. The van der Waals surface area contributed by atoms with Crippen molar-refractivity contribution in [3.8, 4) is 0 Å². The Balaban J connectivity index is 2.73. The lowest BCUT2D eigenvalue weighted by atomic mass is 9.99. The van der Waals surface area contributed by atoms with Gasteiger partial charge >= 0.3 is 0 Å². The molecular formula is C10H16N2O. The highest BCUT2D eigenvalue weighted by Gasteiger charge is 2.19. The van der Waals surface area contributed by atoms with Gasteiger partial charge in [-0.15, -0.1) is 0 Å². The summed E-state index contributed by atoms with van der Waals surface area (Å²) in [5, 5.41) is 9.75. The molecule has 0 aliphatic heterocycles. The van der Waals surface area contributed by atoms with Gasteiger partial charge in [0.05, 0.1) is 6.10 Å². The Morgan fingerprint density at radius 1 is 1.15 bits per heavy atom. The lowest BCUT2D eigenvalue weighted by Gasteiger charge is -2.22. The predicted molar refractivity (Wildman–Crippen MR) is 53.0 cm³/mol. The second-order valence-corrected chi connectivity index (χ2v) is 3.29. The predicted octanol–water partition coefficient (Wildman–Crippen LogP) is 0.395. The molecule has 0 aliphatic rings. The number of rotatable bonds is 3. The largest absolute Gasteiger partial charge is 0.387 e. The third-order valence-corrected chi connectivity index (χ3v) is 2.11. The first-order valence-electron chi connectivity index (χ1n) is 4.37. The third kappa shape index (κ3) is 2.52. The SMILES string of the molecule is C[C@H](N)[C@H](N)[C@H](O)c1ccccc1. The highest BCUT2D eigenvalue weighted by molar-refractivity contribution is 5.19. The van der Waals surface area contributed by atoms with Crippen LogP contribution in [0.2, 0.25) is 0 Å². The molecule has 1 aromatic carbocycles. The number of aliphatic hydroxyl groups excluding tert-OH is 1. The summed E-state index contributed by atoms with van der Waals surface area (Å²) in [6.45, 7) is 1.79. The molecule has 1 aromatic rings. The molecule has 0 amide bonds. The van der Waals surface area contributed by atoms with Crippen LogP contribution >= 0.6 is 0 Å². The molecule has 72 valence electrons. The van der Waals surface area contributed by atoms with E-state index in [1.807, 2.05) is 30.3 Å². The molecule has 0 aliphatic carbocycles. The van der Waals surface area contributed by atoms with Crippen molar-refractivity contribution in [2.24, 2.45) is 11.5 Å². The molecule has 0 bridgehead atoms. The Hall–Kier alpha value is -0.900. The van der Waals surface area contributed by atoms with Crippen molar-refractivity contribution in [1.82, 2.24) is 0 Å². The van der Waals surface area contributed by atoms with Crippen LogP contribution in [-0.2, 0) is 0 Å². The molecule has 0 fully saturated rings. The Bertz CT molecular complexity index is 248. The Kier molecular flexibility index (Phi) is 3.42. The van der Waals surface area contributed by atoms with Crippen LogP contribution in [0.25, 0.3) is 0 Å². The van der Waals surface area contributed by atoms with E-state index in [1.54, 1.807) is 6.92 Å². The first kappa shape index (κ1) is 10.2. The summed E-state index contributed by atoms with van der Waals surface area (Å²) in [5.41, 5.74) is 12.1. The highest BCUT2D eigenvalue weighted by atomic mass is 16.3. The van der Waals surface area contributed by atoms with Crippen LogP contribution in [-0.4, -0.2) is 17.2 Å². The summed E-state index contributed by atoms with van der Waals surface area (Å²) < 4.78 is 0. The zero-order chi connectivity index (χ0) is 9.84. The molecule has 0 saturated heterocycles. The molecule has 0 radical (unpaired) electrons. The summed E-state index contributed by atoms with van der Waals surface area (Å²) in [6.07, 6.45) is -0.679. The topological polar surface area (TPSA) is 72.3 Å². The van der Waals surface area contributed by atoms with E-state index in [-0.39, 0.29) is 6.04 Å². The number of hydrogen-bond acceptors (Lipinski definition) is 3. The van der Waals surface area contributed by atoms with Crippen LogP contribution in [0.5, 0.6) is 0 Å². The maximum atomic E-state index is 9.75. The van der Waals surface area contributed by atoms with Gasteiger partial charge in [0.15, 0.2) is 0 Å². The van der Waals surface area contributed by atoms with Crippen LogP contribution in [0.3, 0.4) is 0 Å². The minimum atomic E-state index is -0.679. The molecule has 5 N–H and O–H groups in total. The first-order valence-corrected chi connectivity index (χ1v) is 4.37. The van der Waals surface area contributed by atoms with Gasteiger partial charge in [-0.1, -0.05) is 30.3 Å². The molecule has 0 heterocycles. The molecule has 13 heavy (non-hydrogen) atoms. The third-order valence-electron chi connectivity index (χ3n) is 2.11. The van der Waals surface area contributed by atoms with Gasteiger partial charge in [-0.2, -0.15) is 0 Å². The van der Waals surface area contributed by atoms with Gasteiger partial charge < -0.3 is 16.6 Å². The van der Waals surface area contributed by atoms with Crippen LogP contribution in [0.4, 0.5) is 0 Å². The van der Waals surface area contributed by atoms with Crippen molar-refractivity contribution in [1.29, 1.82) is 0 Å². The van der Waals surface area contributed by atoms with E-state index >= 15 is 0 Å². The van der Waals surface area contributed by atoms with Crippen molar-refractivity contribution >= 4 is 0 Å². The summed E-state index contributed by atoms with van der Waals surface area (Å²) in [5.74, 6) is 0. The smallest absolute Gasteiger partial charge is 0.0955 e. The summed E-state index contributed by atoms with van der Waals surface area (Å²) in [4.78, 5) is 0. The van der Waals surface area contributed by atoms with Gasteiger partial charge in [0, 0.05) is 12.1 Å². The fourth-order valence-corrected chi connectivity index (χ4v) is 1.16. The van der Waals surface area contributed by atoms with Gasteiger partial charge in [0.1, 0.15) is 0 Å². The van der Waals surface area contributed by atoms with E-state index in [4.69, 9.17) is 11.5 Å². The molecule has 0 spiro atoms. The second kappa shape index (κ2) is 4.37. The summed E-state index contributed by atoms with van der Waals surface area (Å²) >= 11 is 0. The molecule has 3 nitrogen and oxygen atoms in total. The average molecular weight is 180 g/mol. The number of hydrogen-bond donors (Lipinski definition) is 3. The molecular weight excluding hydrogens is 164 g/mol. The standard InChI is InChI=1S/C10H16N2O/c1-7(11)9(12)10(13)8-5-3-2-4-6-8/h2-7,9-10,13H,11-12H2,1H3/t7-,9-,10+/m0/s1. The van der Waals surface area contributed by atoms with E-state index in [2.05, 4.69) is 0 Å². The zero-order valence-corrected chi connectivity index (χ0v) is 7.72. The Morgan fingerprint density at radius 2 is 1.69 bits per heavy atom. The maximum absolute atomic E-state index is 9.75. The lowest BCUT2D eigenvalue weighted by molar-refractivity contribution is 0.137. The minimum absolute atomic E-state index is 0.213. The first-order chi connectivity index (χ1) is 6.13. The van der Waals surface area contributed by atoms with Crippen LogP contribution in [0.15, 0.2) is 30.3 Å². The van der Waals surface area contributed by atoms with Crippen molar-refractivity contribution in [2.45, 2.75) is 25.1 Å². The molecule has 3 heteroatoms. The number of aliphatic hydroxyl groups is 1. The van der Waals surface area contributed by atoms with Crippen molar-refractivity contribution in [3.05, 3.63) is 35.9 Å². The summed E-state index contributed by atoms with van der Waals surface area (Å²) in [7, 11) is 0. The zero-order valence-electron chi connectivity index (χ0n) is 7.72. The molecule has 0 unspecified atom stereocenters. The van der Waals surface area contributed by atoms with Crippen molar-refractivity contribution in [2.75, 3.05) is 0 Å². The second-order valence-electron chi connectivity index (χ2n) is 3.29. The fraction of sp³-hybridized carbons (Fsp3) is 0.400. The molecule has 3 atom stereocenters. The van der Waals surface area contributed by atoms with Gasteiger partial charge in [0.25, 0.3) is 0 Å². The number of nitrogens with two attached hydrogens (primary N) is 2. The normalized spacial score (nSPS) is 17.8. The van der Waals surface area contributed by atoms with E-state index in [9.17, 15) is 5.11 Å². The molecule has 1 rings (SSSR count). The molecule has 0 saturated carbocycles. The Morgan fingerprint density at radius 3 is 2.15 bits per heavy atom. The van der Waals surface area contributed by atoms with Crippen LogP contribution < -0.4 is 11.5 Å².